The predicted molar refractivity (Wildman–Crippen MR) is 143 cm³/mol. The Bertz CT molecular complexity index is 1110. The van der Waals surface area contributed by atoms with Crippen LogP contribution in [-0.2, 0) is 29.5 Å². The number of ether oxygens (including phenoxy) is 3. The Kier molecular flexibility index (Phi) is 12.4. The molecule has 1 aromatic carbocycles. The largest absolute Gasteiger partial charge is 0.476 e. The summed E-state index contributed by atoms with van der Waals surface area (Å²) in [6.45, 7) is 8.46. The van der Waals surface area contributed by atoms with Crippen molar-refractivity contribution in [2.45, 2.75) is 97.6 Å². The molecule has 0 aliphatic heterocycles. The molecule has 9 heteroatoms. The number of aryl methyl sites for hydroxylation is 2. The van der Waals surface area contributed by atoms with Gasteiger partial charge in [-0.05, 0) is 70.6 Å². The van der Waals surface area contributed by atoms with E-state index in [9.17, 15) is 14.4 Å². The van der Waals surface area contributed by atoms with Crippen molar-refractivity contribution in [2.24, 2.45) is 7.05 Å². The van der Waals surface area contributed by atoms with Crippen molar-refractivity contribution in [3.05, 3.63) is 50.7 Å². The molecule has 0 unspecified atom stereocenters. The first-order chi connectivity index (χ1) is 17.7. The summed E-state index contributed by atoms with van der Waals surface area (Å²) in [6, 6.07) is 7.71. The van der Waals surface area contributed by atoms with E-state index in [1.54, 1.807) is 20.8 Å². The van der Waals surface area contributed by atoms with Gasteiger partial charge in [0, 0.05) is 13.6 Å². The summed E-state index contributed by atoms with van der Waals surface area (Å²) in [7, 11) is 1.46. The van der Waals surface area contributed by atoms with E-state index in [1.807, 2.05) is 24.3 Å². The van der Waals surface area contributed by atoms with Gasteiger partial charge in [0.25, 0.3) is 5.88 Å². The average Bonchev–Trinajstić information content (AvgIpc) is 2.86. The fourth-order valence-electron chi connectivity index (χ4n) is 3.88. The van der Waals surface area contributed by atoms with Crippen LogP contribution in [0.1, 0.15) is 84.6 Å². The lowest BCUT2D eigenvalue weighted by molar-refractivity contribution is -0.158. The first-order valence-electron chi connectivity index (χ1n) is 13.5. The Morgan fingerprint density at radius 1 is 1.00 bits per heavy atom. The second kappa shape index (κ2) is 15.2. The molecule has 0 saturated heterocycles. The molecule has 0 aliphatic carbocycles. The van der Waals surface area contributed by atoms with Crippen LogP contribution in [0.25, 0.3) is 0 Å². The zero-order chi connectivity index (χ0) is 27.3. The molecule has 0 bridgehead atoms. The van der Waals surface area contributed by atoms with Gasteiger partial charge >= 0.3 is 17.2 Å². The predicted octanol–water partition coefficient (Wildman–Crippen LogP) is 4.42. The second-order valence-electron chi connectivity index (χ2n) is 9.73. The number of aromatic nitrogens is 3. The summed E-state index contributed by atoms with van der Waals surface area (Å²) >= 11 is 0. The summed E-state index contributed by atoms with van der Waals surface area (Å²) < 4.78 is 19.0. The van der Waals surface area contributed by atoms with E-state index in [0.29, 0.717) is 25.5 Å². The van der Waals surface area contributed by atoms with Gasteiger partial charge in [-0.2, -0.15) is 0 Å². The molecule has 0 radical (unpaired) electrons. The molecule has 37 heavy (non-hydrogen) atoms. The molecule has 0 spiro atoms. The van der Waals surface area contributed by atoms with Gasteiger partial charge in [0.15, 0.2) is 5.60 Å². The smallest absolute Gasteiger partial charge is 0.349 e. The van der Waals surface area contributed by atoms with E-state index in [0.717, 1.165) is 61.5 Å². The van der Waals surface area contributed by atoms with Crippen LogP contribution in [0.4, 0.5) is 0 Å². The molecule has 0 fully saturated rings. The zero-order valence-corrected chi connectivity index (χ0v) is 23.1. The number of hydrogen-bond acceptors (Lipinski definition) is 7. The number of carbonyl (C=O) groups is 1. The topological polar surface area (TPSA) is 102 Å². The highest BCUT2D eigenvalue weighted by Gasteiger charge is 2.31. The normalized spacial score (nSPS) is 11.4. The zero-order valence-electron chi connectivity index (χ0n) is 23.1. The molecule has 0 saturated carbocycles. The maximum atomic E-state index is 12.4. The second-order valence-corrected chi connectivity index (χ2v) is 9.73. The van der Waals surface area contributed by atoms with Crippen molar-refractivity contribution in [2.75, 3.05) is 13.2 Å². The van der Waals surface area contributed by atoms with E-state index in [-0.39, 0.29) is 5.88 Å². The number of unbranched alkanes of at least 4 members (excludes halogenated alkanes) is 6. The lowest BCUT2D eigenvalue weighted by Gasteiger charge is -2.24. The van der Waals surface area contributed by atoms with Crippen LogP contribution in [0.2, 0.25) is 0 Å². The lowest BCUT2D eigenvalue weighted by Crippen LogP contribution is -2.40. The van der Waals surface area contributed by atoms with E-state index >= 15 is 0 Å². The minimum Gasteiger partial charge on any atom is -0.476 e. The Labute approximate surface area is 219 Å². The number of rotatable bonds is 17. The first-order valence-corrected chi connectivity index (χ1v) is 13.5. The van der Waals surface area contributed by atoms with Crippen LogP contribution in [0.15, 0.2) is 33.9 Å². The van der Waals surface area contributed by atoms with Gasteiger partial charge in [0.2, 0.25) is 0 Å². The molecular formula is C28H43N3O6. The number of esters is 1. The van der Waals surface area contributed by atoms with E-state index in [2.05, 4.69) is 12.0 Å². The maximum Gasteiger partial charge on any atom is 0.349 e. The molecular weight excluding hydrogens is 474 g/mol. The van der Waals surface area contributed by atoms with E-state index in [1.165, 1.54) is 18.2 Å². The summed E-state index contributed by atoms with van der Waals surface area (Å²) in [5.74, 6) is 0.207. The van der Waals surface area contributed by atoms with Crippen LogP contribution < -0.4 is 20.7 Å². The van der Waals surface area contributed by atoms with Crippen molar-refractivity contribution in [3.8, 4) is 11.6 Å². The van der Waals surface area contributed by atoms with Gasteiger partial charge in [0.1, 0.15) is 5.75 Å². The van der Waals surface area contributed by atoms with E-state index in [4.69, 9.17) is 14.2 Å². The third-order valence-corrected chi connectivity index (χ3v) is 6.07. The Morgan fingerprint density at radius 2 is 1.73 bits per heavy atom. The molecule has 2 aromatic rings. The highest BCUT2D eigenvalue weighted by molar-refractivity contribution is 5.79. The molecule has 0 amide bonds. The molecule has 1 aromatic heterocycles. The number of nitrogens with zero attached hydrogens (tertiary/aromatic N) is 3. The molecule has 1 heterocycles. The van der Waals surface area contributed by atoms with Gasteiger partial charge in [-0.1, -0.05) is 44.7 Å². The summed E-state index contributed by atoms with van der Waals surface area (Å²) in [5.41, 5.74) is -0.867. The molecule has 0 aliphatic rings. The molecule has 0 atom stereocenters. The van der Waals surface area contributed by atoms with Crippen molar-refractivity contribution >= 4 is 5.97 Å². The fraction of sp³-hybridized carbons (Fsp3) is 0.643. The number of carbonyl (C=O) groups excluding carboxylic acids is 1. The van der Waals surface area contributed by atoms with Gasteiger partial charge in [-0.3, -0.25) is 9.36 Å². The van der Waals surface area contributed by atoms with Gasteiger partial charge in [-0.25, -0.2) is 14.3 Å². The minimum absolute atomic E-state index is 0.0234. The monoisotopic (exact) mass is 517 g/mol. The number of hydrogen-bond donors (Lipinski definition) is 0. The fourth-order valence-corrected chi connectivity index (χ4v) is 3.88. The first kappa shape index (κ1) is 30.1. The standard InChI is InChI=1S/C28H43N3O6/c1-6-8-9-10-13-19-31-27(34)30(5)25(32)24(29-31)36-20-14-11-12-16-22-17-15-18-23(21-22)37-28(3,4)26(33)35-7-2/h15,17-18,21H,6-14,16,19-20H2,1-5H3. The average molecular weight is 518 g/mol. The van der Waals surface area contributed by atoms with Crippen molar-refractivity contribution in [1.82, 2.24) is 14.3 Å². The Hall–Kier alpha value is -3.10. The molecule has 0 N–H and O–H groups in total. The van der Waals surface area contributed by atoms with Gasteiger partial charge in [-0.15, -0.1) is 5.10 Å². The highest BCUT2D eigenvalue weighted by atomic mass is 16.6. The lowest BCUT2D eigenvalue weighted by atomic mass is 10.1. The molecule has 206 valence electrons. The summed E-state index contributed by atoms with van der Waals surface area (Å²) in [4.78, 5) is 36.8. The minimum atomic E-state index is -1.06. The van der Waals surface area contributed by atoms with Crippen LogP contribution in [0.3, 0.4) is 0 Å². The van der Waals surface area contributed by atoms with Gasteiger partial charge in [0.05, 0.1) is 13.2 Å². The molecule has 9 nitrogen and oxygen atoms in total. The summed E-state index contributed by atoms with van der Waals surface area (Å²) in [6.07, 6.45) is 8.77. The van der Waals surface area contributed by atoms with Crippen LogP contribution in [-0.4, -0.2) is 39.1 Å². The third kappa shape index (κ3) is 9.70. The Morgan fingerprint density at radius 3 is 2.46 bits per heavy atom. The third-order valence-electron chi connectivity index (χ3n) is 6.07. The maximum absolute atomic E-state index is 12.4. The SMILES string of the molecule is CCCCCCCn1nc(OCCCCCc2cccc(OC(C)(C)C(=O)OCC)c2)c(=O)n(C)c1=O. The van der Waals surface area contributed by atoms with Crippen molar-refractivity contribution in [1.29, 1.82) is 0 Å². The quantitative estimate of drug-likeness (QED) is 0.226. The van der Waals surface area contributed by atoms with Gasteiger partial charge < -0.3 is 14.2 Å². The van der Waals surface area contributed by atoms with Crippen LogP contribution >= 0.6 is 0 Å². The van der Waals surface area contributed by atoms with Crippen LogP contribution in [0, 0.1) is 0 Å². The summed E-state index contributed by atoms with van der Waals surface area (Å²) in [5, 5.41) is 4.18. The Balaban J connectivity index is 1.81. The van der Waals surface area contributed by atoms with E-state index < -0.39 is 22.8 Å². The van der Waals surface area contributed by atoms with Crippen molar-refractivity contribution in [3.63, 3.8) is 0 Å². The molecule has 2 rings (SSSR count). The highest BCUT2D eigenvalue weighted by Crippen LogP contribution is 2.22. The van der Waals surface area contributed by atoms with Crippen LogP contribution in [0.5, 0.6) is 11.6 Å². The van der Waals surface area contributed by atoms with Crippen molar-refractivity contribution < 1.29 is 19.0 Å². The number of benzene rings is 1.